The molecule has 0 saturated heterocycles. The molecule has 0 aromatic heterocycles. The van der Waals surface area contributed by atoms with Crippen molar-refractivity contribution in [3.63, 3.8) is 0 Å². The first-order chi connectivity index (χ1) is 11.6. The molecular weight excluding hydrogens is 300 g/mol. The van der Waals surface area contributed by atoms with Crippen LogP contribution in [0.5, 0.6) is 0 Å². The minimum absolute atomic E-state index is 0.567. The molecule has 0 fully saturated rings. The predicted octanol–water partition coefficient (Wildman–Crippen LogP) is 3.16. The molecule has 0 atom stereocenters. The number of hydrogen-bond acceptors (Lipinski definition) is 5. The third kappa shape index (κ3) is 5.26. The van der Waals surface area contributed by atoms with E-state index < -0.39 is 0 Å². The molecule has 0 unspecified atom stereocenters. The van der Waals surface area contributed by atoms with Crippen molar-refractivity contribution < 1.29 is 5.32 Å². The molecule has 0 aliphatic rings. The molecule has 2 aromatic rings. The predicted molar refractivity (Wildman–Crippen MR) is 99.0 cm³/mol. The fourth-order valence-corrected chi connectivity index (χ4v) is 1.83. The molecule has 0 radical (unpaired) electrons. The van der Waals surface area contributed by atoms with Crippen LogP contribution in [0.1, 0.15) is 0 Å². The lowest BCUT2D eigenvalue weighted by Gasteiger charge is -2.10. The van der Waals surface area contributed by atoms with Gasteiger partial charge in [-0.1, -0.05) is 6.58 Å². The first kappa shape index (κ1) is 17.2. The van der Waals surface area contributed by atoms with Crippen molar-refractivity contribution >= 4 is 22.7 Å². The highest BCUT2D eigenvalue weighted by Crippen LogP contribution is 2.21. The number of nitrogens with two attached hydrogens (primary N) is 2. The van der Waals surface area contributed by atoms with E-state index in [-0.39, 0.29) is 0 Å². The van der Waals surface area contributed by atoms with Gasteiger partial charge in [-0.15, -0.1) is 10.2 Å². The van der Waals surface area contributed by atoms with Gasteiger partial charge in [-0.2, -0.15) is 0 Å². The van der Waals surface area contributed by atoms with Gasteiger partial charge in [0.25, 0.3) is 0 Å². The third-order valence-corrected chi connectivity index (χ3v) is 3.26. The van der Waals surface area contributed by atoms with E-state index in [4.69, 9.17) is 5.73 Å². The van der Waals surface area contributed by atoms with E-state index in [0.29, 0.717) is 5.82 Å². The van der Waals surface area contributed by atoms with E-state index >= 15 is 0 Å². The van der Waals surface area contributed by atoms with Gasteiger partial charge in [0.05, 0.1) is 18.9 Å². The lowest BCUT2D eigenvalue weighted by Crippen LogP contribution is -2.72. The van der Waals surface area contributed by atoms with Gasteiger partial charge >= 0.3 is 0 Å². The van der Waals surface area contributed by atoms with Crippen molar-refractivity contribution in [1.29, 1.82) is 0 Å². The van der Waals surface area contributed by atoms with Crippen LogP contribution in [0.4, 0.5) is 22.7 Å². The molecule has 0 spiro atoms. The number of hydrogen-bond donors (Lipinski definition) is 3. The van der Waals surface area contributed by atoms with Gasteiger partial charge in [0.1, 0.15) is 12.0 Å². The average Bonchev–Trinajstić information content (AvgIpc) is 2.60. The Morgan fingerprint density at radius 2 is 1.71 bits per heavy atom. The standard InChI is InChI=1S/C18H22N6/c1-14(24(3)13-12-20-2)22-23-18-10-8-17(9-11-18)21-16-6-4-15(19)5-7-16/h4-13,20-21H,1,19H2,2-3H3/p+1/b13-12-,23-22?. The van der Waals surface area contributed by atoms with Crippen LogP contribution < -0.4 is 16.4 Å². The zero-order valence-corrected chi connectivity index (χ0v) is 14.0. The summed E-state index contributed by atoms with van der Waals surface area (Å²) in [5.74, 6) is 0.567. The SMILES string of the molecule is C=C(N=Nc1ccc(Nc2ccc(N)cc2)cc1)N(C)/C=C\[NH2+]C. The van der Waals surface area contributed by atoms with E-state index in [1.807, 2.05) is 80.3 Å². The molecular formula is C18H23N6+. The average molecular weight is 323 g/mol. The van der Waals surface area contributed by atoms with Crippen LogP contribution in [-0.4, -0.2) is 19.0 Å². The first-order valence-electron chi connectivity index (χ1n) is 7.61. The molecule has 0 aliphatic carbocycles. The van der Waals surface area contributed by atoms with Gasteiger partial charge in [-0.25, -0.2) is 0 Å². The van der Waals surface area contributed by atoms with E-state index in [9.17, 15) is 0 Å². The van der Waals surface area contributed by atoms with Gasteiger partial charge in [0.2, 0.25) is 0 Å². The van der Waals surface area contributed by atoms with Crippen LogP contribution in [0.15, 0.2) is 83.6 Å². The van der Waals surface area contributed by atoms with Crippen molar-refractivity contribution in [3.8, 4) is 0 Å². The molecule has 0 bridgehead atoms. The number of rotatable bonds is 7. The van der Waals surface area contributed by atoms with Gasteiger partial charge in [-0.05, 0) is 48.5 Å². The van der Waals surface area contributed by atoms with Gasteiger partial charge in [-0.3, -0.25) is 0 Å². The summed E-state index contributed by atoms with van der Waals surface area (Å²) in [6.07, 6.45) is 3.79. The van der Waals surface area contributed by atoms with Gasteiger partial charge in [0.15, 0.2) is 0 Å². The van der Waals surface area contributed by atoms with Crippen molar-refractivity contribution in [2.24, 2.45) is 10.2 Å². The van der Waals surface area contributed by atoms with Crippen molar-refractivity contribution in [2.75, 3.05) is 25.1 Å². The Kier molecular flexibility index (Phi) is 6.10. The van der Waals surface area contributed by atoms with Crippen molar-refractivity contribution in [3.05, 3.63) is 73.3 Å². The van der Waals surface area contributed by atoms with Crippen LogP contribution in [0, 0.1) is 0 Å². The summed E-state index contributed by atoms with van der Waals surface area (Å²) in [6, 6.07) is 15.3. The molecule has 5 N–H and O–H groups in total. The molecule has 2 aromatic carbocycles. The summed E-state index contributed by atoms with van der Waals surface area (Å²) in [4.78, 5) is 1.81. The van der Waals surface area contributed by atoms with Crippen molar-refractivity contribution in [1.82, 2.24) is 4.90 Å². The quantitative estimate of drug-likeness (QED) is 0.540. The minimum atomic E-state index is 0.567. The number of nitrogens with zero attached hydrogens (tertiary/aromatic N) is 3. The summed E-state index contributed by atoms with van der Waals surface area (Å²) in [5, 5.41) is 13.6. The molecule has 6 nitrogen and oxygen atoms in total. The minimum Gasteiger partial charge on any atom is -0.399 e. The fraction of sp³-hybridized carbons (Fsp3) is 0.111. The molecule has 124 valence electrons. The second kappa shape index (κ2) is 8.50. The Morgan fingerprint density at radius 3 is 2.29 bits per heavy atom. The number of benzene rings is 2. The highest BCUT2D eigenvalue weighted by Gasteiger charge is 1.98. The normalized spacial score (nSPS) is 11.1. The largest absolute Gasteiger partial charge is 0.399 e. The maximum absolute atomic E-state index is 5.68. The second-order valence-corrected chi connectivity index (χ2v) is 5.20. The molecule has 0 amide bonds. The van der Waals surface area contributed by atoms with Gasteiger partial charge < -0.3 is 21.3 Å². The van der Waals surface area contributed by atoms with Crippen LogP contribution in [0.3, 0.4) is 0 Å². The number of nitrogens with one attached hydrogen (secondary N) is 1. The third-order valence-electron chi connectivity index (χ3n) is 3.26. The van der Waals surface area contributed by atoms with Gasteiger partial charge in [0, 0.05) is 24.1 Å². The maximum Gasteiger partial charge on any atom is 0.147 e. The zero-order chi connectivity index (χ0) is 17.4. The number of quaternary nitrogens is 1. The second-order valence-electron chi connectivity index (χ2n) is 5.20. The lowest BCUT2D eigenvalue weighted by molar-refractivity contribution is -0.557. The number of nitrogen functional groups attached to an aromatic ring is 1. The number of azo groups is 1. The molecule has 24 heavy (non-hydrogen) atoms. The molecule has 2 rings (SSSR count). The monoisotopic (exact) mass is 323 g/mol. The molecule has 0 saturated carbocycles. The summed E-state index contributed by atoms with van der Waals surface area (Å²) in [6.45, 7) is 3.88. The Labute approximate surface area is 142 Å². The van der Waals surface area contributed by atoms with E-state index in [2.05, 4.69) is 22.1 Å². The van der Waals surface area contributed by atoms with Crippen LogP contribution in [-0.2, 0) is 0 Å². The van der Waals surface area contributed by atoms with E-state index in [0.717, 1.165) is 22.7 Å². The summed E-state index contributed by atoms with van der Waals surface area (Å²) in [5.41, 5.74) is 9.13. The first-order valence-corrected chi connectivity index (χ1v) is 7.61. The van der Waals surface area contributed by atoms with Crippen molar-refractivity contribution in [2.45, 2.75) is 0 Å². The number of anilines is 3. The zero-order valence-electron chi connectivity index (χ0n) is 14.0. The summed E-state index contributed by atoms with van der Waals surface area (Å²) in [7, 11) is 3.83. The highest BCUT2D eigenvalue weighted by atomic mass is 15.3. The Balaban J connectivity index is 1.96. The van der Waals surface area contributed by atoms with Crippen LogP contribution in [0.2, 0.25) is 0 Å². The Hall–Kier alpha value is -3.12. The lowest BCUT2D eigenvalue weighted by atomic mass is 10.2. The Morgan fingerprint density at radius 1 is 1.12 bits per heavy atom. The van der Waals surface area contributed by atoms with Crippen LogP contribution in [0.25, 0.3) is 0 Å². The highest BCUT2D eigenvalue weighted by molar-refractivity contribution is 5.63. The Bertz CT molecular complexity index is 716. The van der Waals surface area contributed by atoms with E-state index in [1.165, 1.54) is 0 Å². The summed E-state index contributed by atoms with van der Waals surface area (Å²) >= 11 is 0. The fourth-order valence-electron chi connectivity index (χ4n) is 1.83. The van der Waals surface area contributed by atoms with E-state index in [1.54, 1.807) is 4.90 Å². The smallest absolute Gasteiger partial charge is 0.147 e. The summed E-state index contributed by atoms with van der Waals surface area (Å²) < 4.78 is 0. The topological polar surface area (TPSA) is 82.6 Å². The molecule has 0 aliphatic heterocycles. The van der Waals surface area contributed by atoms with Crippen LogP contribution >= 0.6 is 0 Å². The molecule has 0 heterocycles. The molecule has 6 heteroatoms. The maximum atomic E-state index is 5.68.